The van der Waals surface area contributed by atoms with Crippen LogP contribution in [-0.2, 0) is 7.05 Å². The number of nitrogens with one attached hydrogen (secondary N) is 1. The first-order valence-corrected chi connectivity index (χ1v) is 7.49. The number of benzene rings is 1. The zero-order valence-corrected chi connectivity index (χ0v) is 14.3. The topological polar surface area (TPSA) is 21.3 Å². The van der Waals surface area contributed by atoms with Gasteiger partial charge in [0.05, 0.1) is 7.05 Å². The fourth-order valence-electron chi connectivity index (χ4n) is 2.01. The van der Waals surface area contributed by atoms with E-state index >= 15 is 0 Å². The van der Waals surface area contributed by atoms with Crippen LogP contribution in [0.15, 0.2) is 30.3 Å². The van der Waals surface area contributed by atoms with E-state index in [2.05, 4.69) is 35.3 Å². The lowest BCUT2D eigenvalue weighted by Crippen LogP contribution is -1.94. The molecule has 1 N–H and O–H groups in total. The Kier molecular flexibility index (Phi) is 8.64. The highest BCUT2D eigenvalue weighted by atomic mass is 15.0. The van der Waals surface area contributed by atoms with Crippen LogP contribution in [0.3, 0.4) is 0 Å². The van der Waals surface area contributed by atoms with E-state index in [9.17, 15) is 0 Å². The van der Waals surface area contributed by atoms with E-state index in [1.807, 2.05) is 58.5 Å². The maximum atomic E-state index is 7.06. The largest absolute Gasteiger partial charge is 0.388 e. The summed E-state index contributed by atoms with van der Waals surface area (Å²) in [5, 5.41) is 3.15. The van der Waals surface area contributed by atoms with Gasteiger partial charge in [0.1, 0.15) is 5.69 Å². The summed E-state index contributed by atoms with van der Waals surface area (Å²) in [6, 6.07) is 10.1. The van der Waals surface area contributed by atoms with Crippen molar-refractivity contribution in [2.45, 2.75) is 34.6 Å². The van der Waals surface area contributed by atoms with Gasteiger partial charge in [0, 0.05) is 18.3 Å². The predicted octanol–water partition coefficient (Wildman–Crippen LogP) is 5.65. The number of nitrogens with zero attached hydrogens (tertiary/aromatic N) is 2. The van der Waals surface area contributed by atoms with Gasteiger partial charge >= 0.3 is 0 Å². The van der Waals surface area contributed by atoms with E-state index in [0.717, 1.165) is 16.9 Å². The van der Waals surface area contributed by atoms with Crippen LogP contribution in [0, 0.1) is 13.5 Å². The quantitative estimate of drug-likeness (QED) is 0.708. The number of hydrogen-bond acceptors (Lipinski definition) is 1. The molecule has 0 saturated carbocycles. The molecule has 0 fully saturated rings. The highest BCUT2D eigenvalue weighted by Crippen LogP contribution is 2.28. The maximum absolute atomic E-state index is 7.06. The van der Waals surface area contributed by atoms with Gasteiger partial charge < -0.3 is 10.2 Å². The van der Waals surface area contributed by atoms with Crippen molar-refractivity contribution in [3.63, 3.8) is 0 Å². The Morgan fingerprint density at radius 1 is 1.05 bits per heavy atom. The van der Waals surface area contributed by atoms with Crippen LogP contribution in [0.5, 0.6) is 0 Å². The minimum absolute atomic E-state index is 0.662. The van der Waals surface area contributed by atoms with Crippen LogP contribution in [0.25, 0.3) is 16.1 Å². The standard InChI is InChI=1S/C14H15N3.2C2H6/c1-10-9-11(5-6-12(10)15-2)13-7-8-14(16-3)17(13)4;2*1-2/h5-9,15H,1-2,4H3;2*1-2H3. The van der Waals surface area contributed by atoms with Crippen molar-refractivity contribution in [3.8, 4) is 11.3 Å². The molecule has 1 heterocycles. The number of aryl methyl sites for hydroxylation is 1. The van der Waals surface area contributed by atoms with Crippen molar-refractivity contribution >= 4 is 11.5 Å². The smallest absolute Gasteiger partial charge is 0.230 e. The monoisotopic (exact) mass is 285 g/mol. The van der Waals surface area contributed by atoms with Crippen LogP contribution in [0.1, 0.15) is 33.3 Å². The second-order valence-corrected chi connectivity index (χ2v) is 4.03. The summed E-state index contributed by atoms with van der Waals surface area (Å²) in [6.45, 7) is 17.1. The zero-order valence-electron chi connectivity index (χ0n) is 14.3. The molecule has 0 bridgehead atoms. The number of aromatic nitrogens is 1. The van der Waals surface area contributed by atoms with Crippen LogP contribution in [0.2, 0.25) is 0 Å². The first kappa shape index (κ1) is 18.8. The number of rotatable bonds is 2. The van der Waals surface area contributed by atoms with Crippen LogP contribution in [-0.4, -0.2) is 11.6 Å². The summed E-state index contributed by atoms with van der Waals surface area (Å²) in [6.07, 6.45) is 0. The Morgan fingerprint density at radius 3 is 2.10 bits per heavy atom. The molecular formula is C18H27N3. The molecule has 2 rings (SSSR count). The molecule has 1 aromatic carbocycles. The molecule has 3 nitrogen and oxygen atoms in total. The molecule has 0 aliphatic rings. The normalized spacial score (nSPS) is 8.67. The molecule has 0 radical (unpaired) electrons. The molecule has 2 aromatic rings. The fourth-order valence-corrected chi connectivity index (χ4v) is 2.01. The number of anilines is 1. The summed E-state index contributed by atoms with van der Waals surface area (Å²) in [5.74, 6) is 0.662. The molecular weight excluding hydrogens is 258 g/mol. The van der Waals surface area contributed by atoms with Crippen molar-refractivity contribution in [2.24, 2.45) is 7.05 Å². The van der Waals surface area contributed by atoms with Crippen molar-refractivity contribution in [3.05, 3.63) is 47.3 Å². The first-order chi connectivity index (χ1) is 10.2. The summed E-state index contributed by atoms with van der Waals surface area (Å²) >= 11 is 0. The molecule has 1 aromatic heterocycles. The first-order valence-electron chi connectivity index (χ1n) is 7.49. The SMILES string of the molecule is CC.CC.[C-]#[N+]c1ccc(-c2ccc(NC)c(C)c2)n1C. The summed E-state index contributed by atoms with van der Waals surface area (Å²) in [5.41, 5.74) is 4.55. The molecule has 0 saturated heterocycles. The second kappa shape index (κ2) is 9.66. The minimum Gasteiger partial charge on any atom is -0.388 e. The number of hydrogen-bond donors (Lipinski definition) is 1. The third-order valence-corrected chi connectivity index (χ3v) is 3.00. The summed E-state index contributed by atoms with van der Waals surface area (Å²) in [7, 11) is 3.84. The van der Waals surface area contributed by atoms with Gasteiger partial charge in [0.2, 0.25) is 5.82 Å². The summed E-state index contributed by atoms with van der Waals surface area (Å²) < 4.78 is 1.92. The van der Waals surface area contributed by atoms with Gasteiger partial charge in [-0.3, -0.25) is 4.57 Å². The molecule has 114 valence electrons. The molecule has 0 amide bonds. The van der Waals surface area contributed by atoms with E-state index in [4.69, 9.17) is 6.57 Å². The van der Waals surface area contributed by atoms with Gasteiger partial charge in [-0.25, -0.2) is 0 Å². The molecule has 0 unspecified atom stereocenters. The fraction of sp³-hybridized carbons (Fsp3) is 0.389. The van der Waals surface area contributed by atoms with E-state index < -0.39 is 0 Å². The molecule has 0 spiro atoms. The predicted molar refractivity (Wildman–Crippen MR) is 94.1 cm³/mol. The highest BCUT2D eigenvalue weighted by Gasteiger charge is 2.09. The Labute approximate surface area is 129 Å². The Hall–Kier alpha value is -2.21. The van der Waals surface area contributed by atoms with E-state index in [-0.39, 0.29) is 0 Å². The van der Waals surface area contributed by atoms with Gasteiger partial charge in [0.15, 0.2) is 0 Å². The van der Waals surface area contributed by atoms with Crippen LogP contribution in [0.4, 0.5) is 11.5 Å². The highest BCUT2D eigenvalue weighted by molar-refractivity contribution is 5.68. The zero-order chi connectivity index (χ0) is 16.4. The van der Waals surface area contributed by atoms with E-state index in [1.165, 1.54) is 5.56 Å². The average Bonchev–Trinajstić information content (AvgIpc) is 2.92. The molecule has 0 aliphatic heterocycles. The van der Waals surface area contributed by atoms with Crippen molar-refractivity contribution < 1.29 is 0 Å². The lowest BCUT2D eigenvalue weighted by molar-refractivity contribution is 0.956. The third kappa shape index (κ3) is 4.39. The van der Waals surface area contributed by atoms with E-state index in [1.54, 1.807) is 0 Å². The van der Waals surface area contributed by atoms with E-state index in [0.29, 0.717) is 5.82 Å². The Morgan fingerprint density at radius 2 is 1.67 bits per heavy atom. The molecule has 3 heteroatoms. The van der Waals surface area contributed by atoms with Gasteiger partial charge in [-0.1, -0.05) is 34.3 Å². The molecule has 0 atom stereocenters. The lowest BCUT2D eigenvalue weighted by atomic mass is 10.1. The van der Waals surface area contributed by atoms with Crippen molar-refractivity contribution in [2.75, 3.05) is 12.4 Å². The van der Waals surface area contributed by atoms with Crippen molar-refractivity contribution in [1.29, 1.82) is 0 Å². The van der Waals surface area contributed by atoms with Gasteiger partial charge in [0.25, 0.3) is 0 Å². The molecule has 0 aliphatic carbocycles. The van der Waals surface area contributed by atoms with Crippen LogP contribution < -0.4 is 5.32 Å². The van der Waals surface area contributed by atoms with Crippen LogP contribution >= 0.6 is 0 Å². The average molecular weight is 285 g/mol. The third-order valence-electron chi connectivity index (χ3n) is 3.00. The second-order valence-electron chi connectivity index (χ2n) is 4.03. The maximum Gasteiger partial charge on any atom is 0.230 e. The summed E-state index contributed by atoms with van der Waals surface area (Å²) in [4.78, 5) is 3.47. The van der Waals surface area contributed by atoms with Gasteiger partial charge in [-0.2, -0.15) is 0 Å². The Balaban J connectivity index is 0.000000921. The minimum atomic E-state index is 0.662. The van der Waals surface area contributed by atoms with Gasteiger partial charge in [-0.05, 0) is 42.8 Å². The van der Waals surface area contributed by atoms with Gasteiger partial charge in [-0.15, -0.1) is 0 Å². The lowest BCUT2D eigenvalue weighted by Gasteiger charge is -2.07. The van der Waals surface area contributed by atoms with Crippen molar-refractivity contribution in [1.82, 2.24) is 4.57 Å². The Bertz CT molecular complexity index is 589. The molecule has 21 heavy (non-hydrogen) atoms.